The van der Waals surface area contributed by atoms with Crippen LogP contribution in [-0.4, -0.2) is 30.0 Å². The smallest absolute Gasteiger partial charge is 0.274 e. The van der Waals surface area contributed by atoms with Crippen molar-refractivity contribution < 1.29 is 4.92 Å². The fraction of sp³-hybridized carbons (Fsp3) is 0.750. The molecule has 0 unspecified atom stereocenters. The van der Waals surface area contributed by atoms with Gasteiger partial charge in [0.25, 0.3) is 6.20 Å². The molecule has 0 aromatic carbocycles. The first-order valence-electron chi connectivity index (χ1n) is 4.52. The molecule has 0 aromatic rings. The third-order valence-corrected chi connectivity index (χ3v) is 2.18. The van der Waals surface area contributed by atoms with Gasteiger partial charge in [-0.15, -0.1) is 0 Å². The summed E-state index contributed by atoms with van der Waals surface area (Å²) in [5.41, 5.74) is 0. The summed E-state index contributed by atoms with van der Waals surface area (Å²) in [5, 5.41) is 13.1. The standard InChI is InChI=1S/C8H15N3O2/c1-9-8(7-11(12)13)10-5-3-2-4-6-10/h7,9H,2-6H2,1H3/b8-7-. The van der Waals surface area contributed by atoms with Crippen LogP contribution in [0.2, 0.25) is 0 Å². The molecule has 74 valence electrons. The van der Waals surface area contributed by atoms with Crippen molar-refractivity contribution in [3.8, 4) is 0 Å². The van der Waals surface area contributed by atoms with Crippen molar-refractivity contribution in [3.63, 3.8) is 0 Å². The molecule has 0 spiro atoms. The summed E-state index contributed by atoms with van der Waals surface area (Å²) in [6.07, 6.45) is 4.50. The predicted octanol–water partition coefficient (Wildman–Crippen LogP) is 0.767. The highest BCUT2D eigenvalue weighted by atomic mass is 16.6. The average Bonchev–Trinajstić information content (AvgIpc) is 2.15. The van der Waals surface area contributed by atoms with Crippen molar-refractivity contribution in [1.29, 1.82) is 0 Å². The minimum atomic E-state index is -0.416. The molecule has 0 amide bonds. The molecule has 1 N–H and O–H groups in total. The number of piperidine rings is 1. The lowest BCUT2D eigenvalue weighted by atomic mass is 10.1. The van der Waals surface area contributed by atoms with Crippen molar-refractivity contribution in [1.82, 2.24) is 10.2 Å². The van der Waals surface area contributed by atoms with Gasteiger partial charge in [0, 0.05) is 20.1 Å². The van der Waals surface area contributed by atoms with Crippen LogP contribution in [-0.2, 0) is 0 Å². The summed E-state index contributed by atoms with van der Waals surface area (Å²) < 4.78 is 0. The average molecular weight is 185 g/mol. The molecule has 1 saturated heterocycles. The molecular weight excluding hydrogens is 170 g/mol. The Morgan fingerprint density at radius 2 is 2.08 bits per heavy atom. The molecule has 13 heavy (non-hydrogen) atoms. The predicted molar refractivity (Wildman–Crippen MR) is 49.6 cm³/mol. The maximum Gasteiger partial charge on any atom is 0.274 e. The normalized spacial score (nSPS) is 18.5. The molecule has 5 heteroatoms. The van der Waals surface area contributed by atoms with E-state index in [0.29, 0.717) is 5.82 Å². The van der Waals surface area contributed by atoms with Gasteiger partial charge in [-0.3, -0.25) is 10.1 Å². The van der Waals surface area contributed by atoms with Crippen LogP contribution in [0.5, 0.6) is 0 Å². The topological polar surface area (TPSA) is 58.4 Å². The lowest BCUT2D eigenvalue weighted by Gasteiger charge is -2.28. The molecule has 0 aromatic heterocycles. The molecule has 1 aliphatic heterocycles. The van der Waals surface area contributed by atoms with E-state index in [9.17, 15) is 10.1 Å². The Kier molecular flexibility index (Phi) is 3.54. The van der Waals surface area contributed by atoms with Gasteiger partial charge in [0.2, 0.25) is 0 Å². The highest BCUT2D eigenvalue weighted by Gasteiger charge is 2.14. The highest BCUT2D eigenvalue weighted by molar-refractivity contribution is 4.94. The molecule has 5 nitrogen and oxygen atoms in total. The Balaban J connectivity index is 2.58. The van der Waals surface area contributed by atoms with Gasteiger partial charge in [-0.05, 0) is 19.3 Å². The van der Waals surface area contributed by atoms with Gasteiger partial charge < -0.3 is 10.2 Å². The third-order valence-electron chi connectivity index (χ3n) is 2.18. The number of likely N-dealkylation sites (tertiary alicyclic amines) is 1. The van der Waals surface area contributed by atoms with Crippen molar-refractivity contribution in [3.05, 3.63) is 22.1 Å². The zero-order valence-electron chi connectivity index (χ0n) is 7.82. The van der Waals surface area contributed by atoms with Gasteiger partial charge in [0.05, 0.1) is 4.92 Å². The van der Waals surface area contributed by atoms with Gasteiger partial charge in [0.1, 0.15) is 0 Å². The number of hydrogen-bond donors (Lipinski definition) is 1. The maximum atomic E-state index is 10.3. The third kappa shape index (κ3) is 2.93. The number of hydrogen-bond acceptors (Lipinski definition) is 4. The van der Waals surface area contributed by atoms with E-state index in [1.54, 1.807) is 7.05 Å². The monoisotopic (exact) mass is 185 g/mol. The van der Waals surface area contributed by atoms with E-state index in [0.717, 1.165) is 32.1 Å². The minimum absolute atomic E-state index is 0.416. The van der Waals surface area contributed by atoms with Crippen LogP contribution in [0.3, 0.4) is 0 Å². The van der Waals surface area contributed by atoms with Crippen LogP contribution < -0.4 is 5.32 Å². The van der Waals surface area contributed by atoms with Crippen LogP contribution in [0.25, 0.3) is 0 Å². The summed E-state index contributed by atoms with van der Waals surface area (Å²) in [7, 11) is 1.71. The van der Waals surface area contributed by atoms with E-state index < -0.39 is 4.92 Å². The van der Waals surface area contributed by atoms with Crippen LogP contribution >= 0.6 is 0 Å². The van der Waals surface area contributed by atoms with Gasteiger partial charge in [-0.25, -0.2) is 0 Å². The first-order valence-corrected chi connectivity index (χ1v) is 4.52. The summed E-state index contributed by atoms with van der Waals surface area (Å²) in [6.45, 7) is 1.83. The zero-order valence-corrected chi connectivity index (χ0v) is 7.82. The van der Waals surface area contributed by atoms with Gasteiger partial charge >= 0.3 is 0 Å². The van der Waals surface area contributed by atoms with E-state index in [1.165, 1.54) is 6.42 Å². The molecule has 1 aliphatic rings. The Bertz CT molecular complexity index is 209. The van der Waals surface area contributed by atoms with Gasteiger partial charge in [-0.2, -0.15) is 0 Å². The molecule has 0 saturated carbocycles. The lowest BCUT2D eigenvalue weighted by molar-refractivity contribution is -0.404. The summed E-state index contributed by atoms with van der Waals surface area (Å²) >= 11 is 0. The Morgan fingerprint density at radius 1 is 1.46 bits per heavy atom. The van der Waals surface area contributed by atoms with Crippen molar-refractivity contribution in [2.75, 3.05) is 20.1 Å². The molecule has 0 bridgehead atoms. The summed E-state index contributed by atoms with van der Waals surface area (Å²) in [6, 6.07) is 0. The van der Waals surface area contributed by atoms with Gasteiger partial charge in [-0.1, -0.05) is 0 Å². The highest BCUT2D eigenvalue weighted by Crippen LogP contribution is 2.12. The van der Waals surface area contributed by atoms with E-state index in [-0.39, 0.29) is 0 Å². The van der Waals surface area contributed by atoms with Gasteiger partial charge in [0.15, 0.2) is 5.82 Å². The van der Waals surface area contributed by atoms with Crippen molar-refractivity contribution in [2.24, 2.45) is 0 Å². The van der Waals surface area contributed by atoms with E-state index in [2.05, 4.69) is 5.32 Å². The van der Waals surface area contributed by atoms with E-state index >= 15 is 0 Å². The summed E-state index contributed by atoms with van der Waals surface area (Å²) in [5.74, 6) is 0.615. The Morgan fingerprint density at radius 3 is 2.54 bits per heavy atom. The maximum absolute atomic E-state index is 10.3. The van der Waals surface area contributed by atoms with E-state index in [1.807, 2.05) is 4.90 Å². The first kappa shape index (κ1) is 9.83. The molecule has 0 aliphatic carbocycles. The molecule has 1 heterocycles. The zero-order chi connectivity index (χ0) is 9.68. The van der Waals surface area contributed by atoms with E-state index in [4.69, 9.17) is 0 Å². The van der Waals surface area contributed by atoms with Crippen LogP contribution in [0.1, 0.15) is 19.3 Å². The van der Waals surface area contributed by atoms with Crippen molar-refractivity contribution in [2.45, 2.75) is 19.3 Å². The minimum Gasteiger partial charge on any atom is -0.370 e. The number of rotatable bonds is 3. The summed E-state index contributed by atoms with van der Waals surface area (Å²) in [4.78, 5) is 11.9. The fourth-order valence-corrected chi connectivity index (χ4v) is 1.54. The molecular formula is C8H15N3O2. The second-order valence-corrected chi connectivity index (χ2v) is 3.10. The number of nitro groups is 1. The Hall–Kier alpha value is -1.26. The second-order valence-electron chi connectivity index (χ2n) is 3.10. The van der Waals surface area contributed by atoms with Crippen LogP contribution in [0.4, 0.5) is 0 Å². The molecule has 0 atom stereocenters. The number of nitrogens with zero attached hydrogens (tertiary/aromatic N) is 2. The Labute approximate surface area is 77.6 Å². The molecule has 1 rings (SSSR count). The SMILES string of the molecule is CN/C(=C/[N+](=O)[O-])N1CCCCC1. The lowest BCUT2D eigenvalue weighted by Crippen LogP contribution is -2.34. The quantitative estimate of drug-likeness (QED) is 0.521. The second kappa shape index (κ2) is 4.69. The van der Waals surface area contributed by atoms with Crippen LogP contribution in [0.15, 0.2) is 12.0 Å². The number of nitrogens with one attached hydrogen (secondary N) is 1. The largest absolute Gasteiger partial charge is 0.370 e. The fourth-order valence-electron chi connectivity index (χ4n) is 1.54. The van der Waals surface area contributed by atoms with Crippen molar-refractivity contribution >= 4 is 0 Å². The molecule has 1 fully saturated rings. The first-order chi connectivity index (χ1) is 6.24. The molecule has 0 radical (unpaired) electrons. The van der Waals surface area contributed by atoms with Crippen LogP contribution in [0, 0.1) is 10.1 Å².